The first kappa shape index (κ1) is 25.8. The summed E-state index contributed by atoms with van der Waals surface area (Å²) in [6, 6.07) is 5.36. The molecule has 0 bridgehead atoms. The van der Waals surface area contributed by atoms with E-state index < -0.39 is 0 Å². The first-order valence-electron chi connectivity index (χ1n) is 11.5. The Morgan fingerprint density at radius 2 is 2.09 bits per heavy atom. The average molecular weight is 444 g/mol. The van der Waals surface area contributed by atoms with Gasteiger partial charge in [0.1, 0.15) is 5.69 Å². The summed E-state index contributed by atoms with van der Waals surface area (Å²) in [5, 5.41) is 34.0. The van der Waals surface area contributed by atoms with E-state index in [1.165, 1.54) is 0 Å². The van der Waals surface area contributed by atoms with E-state index in [1.54, 1.807) is 18.2 Å². The average Bonchev–Trinajstić information content (AvgIpc) is 2.79. The van der Waals surface area contributed by atoms with Gasteiger partial charge in [-0.3, -0.25) is 15.0 Å². The van der Waals surface area contributed by atoms with Gasteiger partial charge in [0, 0.05) is 25.2 Å². The molecular formula is C25H37N3O4. The van der Waals surface area contributed by atoms with Crippen molar-refractivity contribution in [2.45, 2.75) is 57.6 Å². The zero-order valence-corrected chi connectivity index (χ0v) is 19.1. The fourth-order valence-electron chi connectivity index (χ4n) is 4.03. The van der Waals surface area contributed by atoms with Gasteiger partial charge in [0.25, 0.3) is 5.69 Å². The summed E-state index contributed by atoms with van der Waals surface area (Å²) < 4.78 is 0. The summed E-state index contributed by atoms with van der Waals surface area (Å²) >= 11 is 0. The zero-order chi connectivity index (χ0) is 23.3. The third-order valence-electron chi connectivity index (χ3n) is 5.95. The smallest absolute Gasteiger partial charge is 0.292 e. The van der Waals surface area contributed by atoms with Gasteiger partial charge in [-0.2, -0.15) is 0 Å². The van der Waals surface area contributed by atoms with E-state index in [1.807, 2.05) is 31.2 Å². The van der Waals surface area contributed by atoms with E-state index in [2.05, 4.69) is 16.8 Å². The second-order valence-corrected chi connectivity index (χ2v) is 8.35. The molecule has 2 unspecified atom stereocenters. The summed E-state index contributed by atoms with van der Waals surface area (Å²) in [4.78, 5) is 13.5. The van der Waals surface area contributed by atoms with Gasteiger partial charge in [-0.25, -0.2) is 0 Å². The molecule has 0 saturated carbocycles. The van der Waals surface area contributed by atoms with Crippen molar-refractivity contribution in [2.24, 2.45) is 0 Å². The van der Waals surface area contributed by atoms with Crippen LogP contribution in [0.3, 0.4) is 0 Å². The lowest BCUT2D eigenvalue weighted by Gasteiger charge is -2.36. The van der Waals surface area contributed by atoms with Gasteiger partial charge in [-0.05, 0) is 56.4 Å². The summed E-state index contributed by atoms with van der Waals surface area (Å²) in [6.07, 6.45) is 12.5. The van der Waals surface area contributed by atoms with Crippen molar-refractivity contribution < 1.29 is 15.1 Å². The molecule has 176 valence electrons. The third-order valence-corrected chi connectivity index (χ3v) is 5.95. The molecule has 2 rings (SSSR count). The van der Waals surface area contributed by atoms with Crippen LogP contribution < -0.4 is 5.32 Å². The van der Waals surface area contributed by atoms with Crippen molar-refractivity contribution in [1.29, 1.82) is 0 Å². The lowest BCUT2D eigenvalue weighted by atomic mass is 9.99. The van der Waals surface area contributed by atoms with Crippen LogP contribution >= 0.6 is 0 Å². The molecule has 2 atom stereocenters. The van der Waals surface area contributed by atoms with E-state index in [4.69, 9.17) is 0 Å². The molecule has 0 radical (unpaired) electrons. The predicted molar refractivity (Wildman–Crippen MR) is 131 cm³/mol. The number of benzene rings is 1. The molecule has 0 spiro atoms. The number of hydrogen-bond donors (Lipinski definition) is 3. The summed E-state index contributed by atoms with van der Waals surface area (Å²) in [5.74, 6) is 0. The Bertz CT molecular complexity index is 806. The molecule has 1 aliphatic rings. The lowest BCUT2D eigenvalue weighted by Crippen LogP contribution is -2.46. The first-order chi connectivity index (χ1) is 15.5. The molecule has 7 heteroatoms. The zero-order valence-electron chi connectivity index (χ0n) is 19.1. The Hall–Kier alpha value is -2.48. The Morgan fingerprint density at radius 1 is 1.31 bits per heavy atom. The molecular weight excluding hydrogens is 406 g/mol. The van der Waals surface area contributed by atoms with Gasteiger partial charge < -0.3 is 15.5 Å². The largest absolute Gasteiger partial charge is 0.395 e. The number of hydrogen-bond acceptors (Lipinski definition) is 6. The van der Waals surface area contributed by atoms with E-state index in [-0.39, 0.29) is 29.4 Å². The van der Waals surface area contributed by atoms with Crippen LogP contribution in [0, 0.1) is 10.1 Å². The maximum Gasteiger partial charge on any atom is 0.292 e. The number of piperidine rings is 1. The van der Waals surface area contributed by atoms with E-state index in [0.717, 1.165) is 56.3 Å². The van der Waals surface area contributed by atoms with Gasteiger partial charge >= 0.3 is 0 Å². The normalized spacial score (nSPS) is 19.9. The minimum Gasteiger partial charge on any atom is -0.395 e. The topological polar surface area (TPSA) is 98.9 Å². The van der Waals surface area contributed by atoms with Crippen LogP contribution in [0.5, 0.6) is 0 Å². The number of aliphatic hydroxyl groups excluding tert-OH is 2. The van der Waals surface area contributed by atoms with Crippen LogP contribution in [0.4, 0.5) is 11.4 Å². The number of nitro groups is 1. The molecule has 0 aromatic heterocycles. The van der Waals surface area contributed by atoms with E-state index in [0.29, 0.717) is 18.7 Å². The minimum atomic E-state index is -0.341. The molecule has 32 heavy (non-hydrogen) atoms. The number of likely N-dealkylation sites (tertiary alicyclic amines) is 1. The van der Waals surface area contributed by atoms with Gasteiger partial charge in [-0.15, -0.1) is 0 Å². The molecule has 1 aromatic carbocycles. The summed E-state index contributed by atoms with van der Waals surface area (Å²) in [6.45, 7) is 8.11. The molecule has 1 fully saturated rings. The Kier molecular flexibility index (Phi) is 11.1. The van der Waals surface area contributed by atoms with Gasteiger partial charge in [-0.1, -0.05) is 49.8 Å². The molecule has 1 aliphatic heterocycles. The fourth-order valence-corrected chi connectivity index (χ4v) is 4.03. The van der Waals surface area contributed by atoms with Crippen LogP contribution in [0.25, 0.3) is 5.57 Å². The molecule has 7 nitrogen and oxygen atoms in total. The SMILES string of the molecule is C=C/C=C\C=C(/C)c1ccc(NCCCCCCN2CCC(O)CC2CO)c([N+](=O)[O-])c1. The van der Waals surface area contributed by atoms with Crippen LogP contribution in [0.2, 0.25) is 0 Å². The van der Waals surface area contributed by atoms with Crippen molar-refractivity contribution >= 4 is 16.9 Å². The molecule has 1 saturated heterocycles. The Morgan fingerprint density at radius 3 is 2.81 bits per heavy atom. The molecule has 3 N–H and O–H groups in total. The maximum atomic E-state index is 11.5. The number of nitrogens with one attached hydrogen (secondary N) is 1. The number of nitrogens with zero attached hydrogens (tertiary/aromatic N) is 2. The highest BCUT2D eigenvalue weighted by atomic mass is 16.6. The minimum absolute atomic E-state index is 0.0698. The van der Waals surface area contributed by atoms with E-state index in [9.17, 15) is 20.3 Å². The van der Waals surface area contributed by atoms with Crippen molar-refractivity contribution in [3.63, 3.8) is 0 Å². The van der Waals surface area contributed by atoms with Gasteiger partial charge in [0.15, 0.2) is 0 Å². The van der Waals surface area contributed by atoms with Crippen LogP contribution in [-0.2, 0) is 0 Å². The number of anilines is 1. The second kappa shape index (κ2) is 13.8. The highest BCUT2D eigenvalue weighted by Gasteiger charge is 2.26. The Labute approximate surface area is 191 Å². The summed E-state index contributed by atoms with van der Waals surface area (Å²) in [5.41, 5.74) is 2.41. The predicted octanol–water partition coefficient (Wildman–Crippen LogP) is 4.53. The monoisotopic (exact) mass is 443 g/mol. The maximum absolute atomic E-state index is 11.5. The Balaban J connectivity index is 1.76. The van der Waals surface area contributed by atoms with Gasteiger partial charge in [0.05, 0.1) is 17.6 Å². The highest BCUT2D eigenvalue weighted by Crippen LogP contribution is 2.28. The van der Waals surface area contributed by atoms with Crippen molar-refractivity contribution in [2.75, 3.05) is 31.6 Å². The van der Waals surface area contributed by atoms with Crippen LogP contribution in [0.15, 0.2) is 49.1 Å². The van der Waals surface area contributed by atoms with Crippen molar-refractivity contribution in [3.05, 3.63) is 64.8 Å². The number of aliphatic hydroxyl groups is 2. The number of nitro benzene ring substituents is 1. The fraction of sp³-hybridized carbons (Fsp3) is 0.520. The van der Waals surface area contributed by atoms with Crippen molar-refractivity contribution in [1.82, 2.24) is 4.90 Å². The molecule has 1 aromatic rings. The summed E-state index contributed by atoms with van der Waals surface area (Å²) in [7, 11) is 0. The van der Waals surface area contributed by atoms with E-state index >= 15 is 0 Å². The molecule has 0 aliphatic carbocycles. The molecule has 0 amide bonds. The van der Waals surface area contributed by atoms with Crippen molar-refractivity contribution in [3.8, 4) is 0 Å². The van der Waals surface area contributed by atoms with Gasteiger partial charge in [0.2, 0.25) is 0 Å². The number of unbranched alkanes of at least 4 members (excludes halogenated alkanes) is 3. The first-order valence-corrected chi connectivity index (χ1v) is 11.5. The molecule has 1 heterocycles. The quantitative estimate of drug-likeness (QED) is 0.179. The number of allylic oxidation sites excluding steroid dienone is 5. The van der Waals surface area contributed by atoms with Crippen LogP contribution in [0.1, 0.15) is 51.0 Å². The third kappa shape index (κ3) is 8.22. The van der Waals surface area contributed by atoms with Crippen LogP contribution in [-0.4, -0.2) is 58.4 Å². The highest BCUT2D eigenvalue weighted by molar-refractivity contribution is 5.72. The lowest BCUT2D eigenvalue weighted by molar-refractivity contribution is -0.384. The number of rotatable bonds is 13. The standard InChI is InChI=1S/C25H37N3O4/c1-3-4-7-10-20(2)21-11-12-24(25(17-21)28(31)32)26-14-8-5-6-9-15-27-16-13-23(30)18-22(27)19-29/h3-4,7,10-12,17,22-23,26,29-30H,1,5-6,8-9,13-16,18-19H2,2H3/b7-4-,20-10+. The second-order valence-electron chi connectivity index (χ2n) is 8.35.